The van der Waals surface area contributed by atoms with Crippen LogP contribution in [0.2, 0.25) is 12.6 Å². The lowest BCUT2D eigenvalue weighted by molar-refractivity contribution is 0.241. The Kier molecular flexibility index (Phi) is 6.55. The molecule has 86 valence electrons. The Balaban J connectivity index is 3.96. The Bertz CT molecular complexity index is 154. The van der Waals surface area contributed by atoms with Gasteiger partial charge in [0.05, 0.1) is 0 Å². The molecule has 0 fully saturated rings. The van der Waals surface area contributed by atoms with Crippen molar-refractivity contribution in [1.82, 2.24) is 0 Å². The normalized spacial score (nSPS) is 16.7. The van der Waals surface area contributed by atoms with E-state index in [1.807, 2.05) is 0 Å². The molecule has 0 aliphatic carbocycles. The lowest BCUT2D eigenvalue weighted by atomic mass is 10.0. The fourth-order valence-electron chi connectivity index (χ4n) is 1.58. The average molecular weight is 220 g/mol. The van der Waals surface area contributed by atoms with E-state index >= 15 is 0 Å². The highest BCUT2D eigenvalue weighted by Gasteiger charge is 2.31. The van der Waals surface area contributed by atoms with Gasteiger partial charge in [-0.2, -0.15) is 0 Å². The van der Waals surface area contributed by atoms with Gasteiger partial charge in [0.25, 0.3) is 0 Å². The second-order valence-corrected chi connectivity index (χ2v) is 7.58. The fourth-order valence-corrected chi connectivity index (χ4v) is 3.51. The highest BCUT2D eigenvalue weighted by atomic mass is 28.4. The molecule has 0 amide bonds. The van der Waals surface area contributed by atoms with Gasteiger partial charge < -0.3 is 20.3 Å². The summed E-state index contributed by atoms with van der Waals surface area (Å²) in [4.78, 5) is 0. The van der Waals surface area contributed by atoms with Crippen LogP contribution in [0.25, 0.3) is 0 Å². The quantitative estimate of drug-likeness (QED) is 0.619. The molecule has 0 bridgehead atoms. The van der Waals surface area contributed by atoms with E-state index in [0.29, 0.717) is 12.5 Å². The summed E-state index contributed by atoms with van der Waals surface area (Å²) in [6.45, 7) is 4.78. The van der Waals surface area contributed by atoms with Crippen molar-refractivity contribution >= 4 is 8.56 Å². The van der Waals surface area contributed by atoms with Crippen molar-refractivity contribution in [1.29, 1.82) is 0 Å². The third-order valence-electron chi connectivity index (χ3n) is 2.59. The zero-order valence-corrected chi connectivity index (χ0v) is 10.7. The number of rotatable bonds is 7. The molecule has 0 saturated heterocycles. The molecule has 0 saturated carbocycles. The standard InChI is InChI=1S/C9H24N2O2Si/c1-8(5-9(11)6-10)7-14(4,12-2)13-3/h8-9H,5-7,10-11H2,1-4H3. The van der Waals surface area contributed by atoms with Gasteiger partial charge in [0.15, 0.2) is 0 Å². The SMILES string of the molecule is CO[Si](C)(CC(C)CC(N)CN)OC. The van der Waals surface area contributed by atoms with Crippen LogP contribution in [-0.4, -0.2) is 35.4 Å². The first-order valence-corrected chi connectivity index (χ1v) is 7.55. The molecule has 0 aromatic heterocycles. The van der Waals surface area contributed by atoms with Crippen LogP contribution in [0.15, 0.2) is 0 Å². The molecule has 2 unspecified atom stereocenters. The molecule has 0 heterocycles. The van der Waals surface area contributed by atoms with Crippen molar-refractivity contribution in [2.75, 3.05) is 20.8 Å². The lowest BCUT2D eigenvalue weighted by Gasteiger charge is -2.27. The first kappa shape index (κ1) is 14.1. The minimum Gasteiger partial charge on any atom is -0.398 e. The topological polar surface area (TPSA) is 70.5 Å². The van der Waals surface area contributed by atoms with Crippen LogP contribution in [0.5, 0.6) is 0 Å². The first-order chi connectivity index (χ1) is 6.47. The zero-order chi connectivity index (χ0) is 11.2. The summed E-state index contributed by atoms with van der Waals surface area (Å²) in [7, 11) is 1.49. The van der Waals surface area contributed by atoms with Gasteiger partial charge in [-0.3, -0.25) is 0 Å². The summed E-state index contributed by atoms with van der Waals surface area (Å²) >= 11 is 0. The summed E-state index contributed by atoms with van der Waals surface area (Å²) in [6.07, 6.45) is 0.936. The van der Waals surface area contributed by atoms with Gasteiger partial charge in [0.2, 0.25) is 0 Å². The third-order valence-corrected chi connectivity index (χ3v) is 5.76. The first-order valence-electron chi connectivity index (χ1n) is 5.03. The van der Waals surface area contributed by atoms with Gasteiger partial charge in [-0.1, -0.05) is 6.92 Å². The molecule has 0 aliphatic rings. The van der Waals surface area contributed by atoms with Crippen LogP contribution >= 0.6 is 0 Å². The fraction of sp³-hybridized carbons (Fsp3) is 1.00. The largest absolute Gasteiger partial charge is 0.398 e. The van der Waals surface area contributed by atoms with E-state index in [0.717, 1.165) is 12.5 Å². The Hall–Kier alpha value is 0.0569. The zero-order valence-electron chi connectivity index (χ0n) is 9.75. The monoisotopic (exact) mass is 220 g/mol. The number of hydrogen-bond donors (Lipinski definition) is 2. The summed E-state index contributed by atoms with van der Waals surface area (Å²) < 4.78 is 10.8. The predicted molar refractivity (Wildman–Crippen MR) is 61.3 cm³/mol. The van der Waals surface area contributed by atoms with E-state index in [9.17, 15) is 0 Å². The van der Waals surface area contributed by atoms with Gasteiger partial charge in [0, 0.05) is 26.8 Å². The second kappa shape index (κ2) is 6.52. The van der Waals surface area contributed by atoms with Crippen molar-refractivity contribution in [3.8, 4) is 0 Å². The number of nitrogens with two attached hydrogens (primary N) is 2. The van der Waals surface area contributed by atoms with Gasteiger partial charge in [0.1, 0.15) is 0 Å². The van der Waals surface area contributed by atoms with E-state index in [2.05, 4.69) is 13.5 Å². The summed E-state index contributed by atoms with van der Waals surface area (Å²) in [5.41, 5.74) is 11.3. The highest BCUT2D eigenvalue weighted by Crippen LogP contribution is 2.21. The molecular formula is C9H24N2O2Si. The maximum Gasteiger partial charge on any atom is 0.334 e. The molecule has 4 N–H and O–H groups in total. The van der Waals surface area contributed by atoms with E-state index in [1.54, 1.807) is 14.2 Å². The summed E-state index contributed by atoms with van der Waals surface area (Å²) in [5.74, 6) is 0.505. The van der Waals surface area contributed by atoms with E-state index in [1.165, 1.54) is 0 Å². The van der Waals surface area contributed by atoms with E-state index < -0.39 is 8.56 Å². The number of hydrogen-bond acceptors (Lipinski definition) is 4. The lowest BCUT2D eigenvalue weighted by Crippen LogP contribution is -2.39. The molecule has 2 atom stereocenters. The smallest absolute Gasteiger partial charge is 0.334 e. The van der Waals surface area contributed by atoms with Gasteiger partial charge >= 0.3 is 8.56 Å². The predicted octanol–water partition coefficient (Wildman–Crippen LogP) is 0.663. The molecule has 0 aliphatic heterocycles. The van der Waals surface area contributed by atoms with Crippen LogP contribution in [0.3, 0.4) is 0 Å². The van der Waals surface area contributed by atoms with Crippen molar-refractivity contribution < 1.29 is 8.85 Å². The molecule has 0 radical (unpaired) electrons. The van der Waals surface area contributed by atoms with Gasteiger partial charge in [-0.15, -0.1) is 0 Å². The molecular weight excluding hydrogens is 196 g/mol. The van der Waals surface area contributed by atoms with Crippen molar-refractivity contribution in [3.63, 3.8) is 0 Å². The molecule has 0 aromatic rings. The Labute approximate surface area is 88.2 Å². The van der Waals surface area contributed by atoms with Gasteiger partial charge in [-0.25, -0.2) is 0 Å². The molecule has 4 nitrogen and oxygen atoms in total. The Morgan fingerprint density at radius 1 is 1.29 bits per heavy atom. The molecule has 0 spiro atoms. The van der Waals surface area contributed by atoms with Crippen LogP contribution in [-0.2, 0) is 8.85 Å². The third kappa shape index (κ3) is 5.07. The van der Waals surface area contributed by atoms with E-state index in [4.69, 9.17) is 20.3 Å². The van der Waals surface area contributed by atoms with Crippen molar-refractivity contribution in [3.05, 3.63) is 0 Å². The minimum atomic E-state index is -1.94. The minimum absolute atomic E-state index is 0.0944. The maximum atomic E-state index is 5.78. The van der Waals surface area contributed by atoms with Crippen LogP contribution in [0.1, 0.15) is 13.3 Å². The van der Waals surface area contributed by atoms with Gasteiger partial charge in [-0.05, 0) is 24.9 Å². The van der Waals surface area contributed by atoms with Crippen LogP contribution < -0.4 is 11.5 Å². The average Bonchev–Trinajstić information content (AvgIpc) is 2.17. The Morgan fingerprint density at radius 3 is 2.14 bits per heavy atom. The van der Waals surface area contributed by atoms with Crippen molar-refractivity contribution in [2.45, 2.75) is 32.0 Å². The van der Waals surface area contributed by atoms with Crippen molar-refractivity contribution in [2.24, 2.45) is 17.4 Å². The molecule has 14 heavy (non-hydrogen) atoms. The summed E-state index contributed by atoms with van der Waals surface area (Å²) in [6, 6.07) is 1.06. The maximum absolute atomic E-state index is 5.78. The summed E-state index contributed by atoms with van der Waals surface area (Å²) in [5, 5.41) is 0. The molecule has 0 aromatic carbocycles. The highest BCUT2D eigenvalue weighted by molar-refractivity contribution is 6.65. The second-order valence-electron chi connectivity index (χ2n) is 4.08. The van der Waals surface area contributed by atoms with E-state index in [-0.39, 0.29) is 6.04 Å². The molecule has 0 rings (SSSR count). The van der Waals surface area contributed by atoms with Crippen LogP contribution in [0, 0.1) is 5.92 Å². The molecule has 5 heteroatoms. The Morgan fingerprint density at radius 2 is 1.79 bits per heavy atom. The van der Waals surface area contributed by atoms with Crippen LogP contribution in [0.4, 0.5) is 0 Å².